The molecule has 5 rings (SSSR count). The highest BCUT2D eigenvalue weighted by Gasteiger charge is 2.48. The van der Waals surface area contributed by atoms with E-state index in [0.717, 1.165) is 5.57 Å². The summed E-state index contributed by atoms with van der Waals surface area (Å²) in [6.07, 6.45) is 2.98. The molecule has 0 N–H and O–H groups in total. The summed E-state index contributed by atoms with van der Waals surface area (Å²) in [7, 11) is 0. The Kier molecular flexibility index (Phi) is 6.10. The van der Waals surface area contributed by atoms with Crippen LogP contribution in [0.1, 0.15) is 31.7 Å². The SMILES string of the molecule is CC1=CC[C@@H]2C(=O)N(c3cccc(OC(=O)[C@H]4CC(=O)N(c5ccc(C)c([N+](=O)[O-])c5)C4)c3)C(=O)[C@@H]2C1. The van der Waals surface area contributed by atoms with Gasteiger partial charge in [-0.3, -0.25) is 29.3 Å². The minimum absolute atomic E-state index is 0.0242. The first-order valence-electron chi connectivity index (χ1n) is 12.0. The standard InChI is InChI=1S/C27H25N3O7/c1-15-6-9-21-22(10-15)26(33)29(25(21)32)19-4-3-5-20(12-19)37-27(34)17-11-24(31)28(14-17)18-8-7-16(2)23(13-18)30(35)36/h3-8,12-13,17,21-22H,9-11,14H2,1-2H3/t17-,21-,22+/m0/s1. The fourth-order valence-electron chi connectivity index (χ4n) is 5.25. The van der Waals surface area contributed by atoms with E-state index in [4.69, 9.17) is 4.74 Å². The number of esters is 1. The molecule has 10 nitrogen and oxygen atoms in total. The van der Waals surface area contributed by atoms with Gasteiger partial charge in [0, 0.05) is 30.7 Å². The average Bonchev–Trinajstić information content (AvgIpc) is 3.36. The molecule has 2 fully saturated rings. The Balaban J connectivity index is 1.29. The lowest BCUT2D eigenvalue weighted by molar-refractivity contribution is -0.385. The average molecular weight is 504 g/mol. The lowest BCUT2D eigenvalue weighted by Gasteiger charge is -2.18. The van der Waals surface area contributed by atoms with Gasteiger partial charge in [-0.1, -0.05) is 23.8 Å². The molecule has 3 amide bonds. The summed E-state index contributed by atoms with van der Waals surface area (Å²) in [6.45, 7) is 3.58. The molecule has 2 aliphatic heterocycles. The monoisotopic (exact) mass is 503 g/mol. The van der Waals surface area contributed by atoms with E-state index in [1.54, 1.807) is 37.3 Å². The molecule has 0 spiro atoms. The van der Waals surface area contributed by atoms with Crippen LogP contribution in [0.25, 0.3) is 0 Å². The van der Waals surface area contributed by atoms with Gasteiger partial charge in [-0.15, -0.1) is 0 Å². The van der Waals surface area contributed by atoms with E-state index in [2.05, 4.69) is 0 Å². The molecule has 1 aliphatic carbocycles. The molecule has 37 heavy (non-hydrogen) atoms. The van der Waals surface area contributed by atoms with Crippen molar-refractivity contribution in [3.05, 3.63) is 69.8 Å². The third kappa shape index (κ3) is 4.39. The Morgan fingerprint density at radius 3 is 2.51 bits per heavy atom. The molecule has 3 atom stereocenters. The number of anilines is 2. The van der Waals surface area contributed by atoms with E-state index < -0.39 is 16.8 Å². The van der Waals surface area contributed by atoms with Crippen molar-refractivity contribution in [3.8, 4) is 5.75 Å². The zero-order chi connectivity index (χ0) is 26.4. The zero-order valence-corrected chi connectivity index (χ0v) is 20.4. The first kappa shape index (κ1) is 24.4. The first-order valence-corrected chi connectivity index (χ1v) is 12.0. The number of nitro groups is 1. The van der Waals surface area contributed by atoms with Gasteiger partial charge in [-0.25, -0.2) is 4.90 Å². The minimum atomic E-state index is -0.775. The molecule has 0 unspecified atom stereocenters. The number of carbonyl (C=O) groups is 4. The van der Waals surface area contributed by atoms with E-state index in [-0.39, 0.29) is 54.0 Å². The maximum absolute atomic E-state index is 13.0. The molecule has 2 aromatic carbocycles. The fraction of sp³-hybridized carbons (Fsp3) is 0.333. The number of hydrogen-bond donors (Lipinski definition) is 0. The van der Waals surface area contributed by atoms with E-state index in [0.29, 0.717) is 29.8 Å². The number of benzene rings is 2. The molecule has 2 saturated heterocycles. The normalized spacial score (nSPS) is 23.2. The van der Waals surface area contributed by atoms with Crippen molar-refractivity contribution in [2.24, 2.45) is 17.8 Å². The second-order valence-electron chi connectivity index (χ2n) is 9.77. The predicted octanol–water partition coefficient (Wildman–Crippen LogP) is 3.71. The van der Waals surface area contributed by atoms with Crippen LogP contribution in [-0.2, 0) is 19.2 Å². The molecule has 10 heteroatoms. The van der Waals surface area contributed by atoms with E-state index in [9.17, 15) is 29.3 Å². The number of ether oxygens (including phenoxy) is 1. The van der Waals surface area contributed by atoms with Crippen LogP contribution >= 0.6 is 0 Å². The fourth-order valence-corrected chi connectivity index (χ4v) is 5.25. The van der Waals surface area contributed by atoms with E-state index in [1.165, 1.54) is 21.9 Å². The van der Waals surface area contributed by atoms with Crippen LogP contribution in [0.5, 0.6) is 5.75 Å². The molecule has 0 bridgehead atoms. The van der Waals surface area contributed by atoms with Crippen molar-refractivity contribution in [3.63, 3.8) is 0 Å². The van der Waals surface area contributed by atoms with Crippen LogP contribution in [0.3, 0.4) is 0 Å². The van der Waals surface area contributed by atoms with Gasteiger partial charge in [-0.05, 0) is 44.9 Å². The molecule has 2 aromatic rings. The summed E-state index contributed by atoms with van der Waals surface area (Å²) >= 11 is 0. The Morgan fingerprint density at radius 2 is 1.76 bits per heavy atom. The van der Waals surface area contributed by atoms with E-state index >= 15 is 0 Å². The van der Waals surface area contributed by atoms with Crippen molar-refractivity contribution < 1.29 is 28.8 Å². The van der Waals surface area contributed by atoms with Crippen LogP contribution in [0.4, 0.5) is 17.1 Å². The molecular weight excluding hydrogens is 478 g/mol. The van der Waals surface area contributed by atoms with Crippen LogP contribution in [-0.4, -0.2) is 35.2 Å². The first-order chi connectivity index (χ1) is 17.6. The van der Waals surface area contributed by atoms with E-state index in [1.807, 2.05) is 13.0 Å². The summed E-state index contributed by atoms with van der Waals surface area (Å²) in [6, 6.07) is 10.7. The smallest absolute Gasteiger partial charge is 0.316 e. The van der Waals surface area contributed by atoms with Gasteiger partial charge in [-0.2, -0.15) is 0 Å². The molecule has 0 radical (unpaired) electrons. The van der Waals surface area contributed by atoms with Crippen LogP contribution in [0, 0.1) is 34.8 Å². The van der Waals surface area contributed by atoms with Gasteiger partial charge >= 0.3 is 5.97 Å². The third-order valence-electron chi connectivity index (χ3n) is 7.28. The molecule has 0 saturated carbocycles. The quantitative estimate of drug-likeness (QED) is 0.152. The van der Waals surface area contributed by atoms with Gasteiger partial charge < -0.3 is 9.64 Å². The van der Waals surface area contributed by atoms with Gasteiger partial charge in [0.1, 0.15) is 5.75 Å². The number of nitrogens with zero attached hydrogens (tertiary/aromatic N) is 3. The molecule has 0 aromatic heterocycles. The number of imide groups is 1. The number of carbonyl (C=O) groups excluding carboxylic acids is 4. The third-order valence-corrected chi connectivity index (χ3v) is 7.28. The topological polar surface area (TPSA) is 127 Å². The minimum Gasteiger partial charge on any atom is -0.426 e. The highest BCUT2D eigenvalue weighted by molar-refractivity contribution is 6.22. The largest absolute Gasteiger partial charge is 0.426 e. The van der Waals surface area contributed by atoms with Crippen LogP contribution in [0.2, 0.25) is 0 Å². The van der Waals surface area contributed by atoms with Crippen molar-refractivity contribution in [2.45, 2.75) is 33.1 Å². The number of rotatable bonds is 5. The number of allylic oxidation sites excluding steroid dienone is 2. The van der Waals surface area contributed by atoms with Crippen molar-refractivity contribution >= 4 is 40.8 Å². The number of nitro benzene ring substituents is 1. The highest BCUT2D eigenvalue weighted by Crippen LogP contribution is 2.40. The number of hydrogen-bond acceptors (Lipinski definition) is 7. The number of fused-ring (bicyclic) bond motifs is 1. The maximum Gasteiger partial charge on any atom is 0.316 e. The van der Waals surface area contributed by atoms with Crippen LogP contribution < -0.4 is 14.5 Å². The van der Waals surface area contributed by atoms with Gasteiger partial charge in [0.15, 0.2) is 0 Å². The van der Waals surface area contributed by atoms with Gasteiger partial charge in [0.05, 0.1) is 34.1 Å². The zero-order valence-electron chi connectivity index (χ0n) is 20.4. The Bertz CT molecular complexity index is 1380. The van der Waals surface area contributed by atoms with Gasteiger partial charge in [0.2, 0.25) is 17.7 Å². The summed E-state index contributed by atoms with van der Waals surface area (Å²) in [4.78, 5) is 64.8. The second-order valence-corrected chi connectivity index (χ2v) is 9.77. The summed E-state index contributed by atoms with van der Waals surface area (Å²) < 4.78 is 5.53. The van der Waals surface area contributed by atoms with Gasteiger partial charge in [0.25, 0.3) is 5.69 Å². The summed E-state index contributed by atoms with van der Waals surface area (Å²) in [5, 5.41) is 11.3. The second kappa shape index (κ2) is 9.27. The molecule has 190 valence electrons. The lowest BCUT2D eigenvalue weighted by Crippen LogP contribution is -2.31. The Labute approximate surface area is 212 Å². The number of amides is 3. The Hall–Kier alpha value is -4.34. The summed E-state index contributed by atoms with van der Waals surface area (Å²) in [5.41, 5.74) is 2.13. The van der Waals surface area contributed by atoms with Crippen LogP contribution in [0.15, 0.2) is 54.1 Å². The maximum atomic E-state index is 13.0. The summed E-state index contributed by atoms with van der Waals surface area (Å²) in [5.74, 6) is -2.86. The Morgan fingerprint density at radius 1 is 1.00 bits per heavy atom. The van der Waals surface area contributed by atoms with Crippen molar-refractivity contribution in [1.82, 2.24) is 0 Å². The molecule has 3 aliphatic rings. The van der Waals surface area contributed by atoms with Crippen molar-refractivity contribution in [2.75, 3.05) is 16.3 Å². The highest BCUT2D eigenvalue weighted by atomic mass is 16.6. The number of aryl methyl sites for hydroxylation is 1. The van der Waals surface area contributed by atoms with Crippen molar-refractivity contribution in [1.29, 1.82) is 0 Å². The molecule has 2 heterocycles. The predicted molar refractivity (Wildman–Crippen MR) is 133 cm³/mol. The molecular formula is C27H25N3O7. The lowest BCUT2D eigenvalue weighted by atomic mass is 9.82.